The number of nitriles is 1. The van der Waals surface area contributed by atoms with Crippen LogP contribution in [0.15, 0.2) is 24.3 Å². The molecule has 0 aromatic heterocycles. The number of hydrogen-bond donors (Lipinski definition) is 0. The molecule has 6 heteroatoms. The SMILES string of the molecule is COC(=O)CN(C)C(=O)COc1ccc(C#N)cc1. The Kier molecular flexibility index (Phi) is 5.35. The summed E-state index contributed by atoms with van der Waals surface area (Å²) in [5.74, 6) is -0.345. The summed E-state index contributed by atoms with van der Waals surface area (Å²) in [7, 11) is 2.75. The molecule has 19 heavy (non-hydrogen) atoms. The molecule has 1 aromatic rings. The van der Waals surface area contributed by atoms with Crippen molar-refractivity contribution in [2.24, 2.45) is 0 Å². The minimum Gasteiger partial charge on any atom is -0.484 e. The molecule has 0 aliphatic rings. The van der Waals surface area contributed by atoms with E-state index in [1.165, 1.54) is 19.1 Å². The van der Waals surface area contributed by atoms with E-state index < -0.39 is 5.97 Å². The van der Waals surface area contributed by atoms with Crippen LogP contribution >= 0.6 is 0 Å². The molecule has 0 fully saturated rings. The van der Waals surface area contributed by atoms with Gasteiger partial charge in [-0.1, -0.05) is 0 Å². The van der Waals surface area contributed by atoms with Crippen LogP contribution in [0.25, 0.3) is 0 Å². The van der Waals surface area contributed by atoms with Crippen molar-refractivity contribution in [2.45, 2.75) is 0 Å². The first-order valence-electron chi connectivity index (χ1n) is 5.50. The number of nitrogens with zero attached hydrogens (tertiary/aromatic N) is 2. The van der Waals surface area contributed by atoms with Crippen LogP contribution in [0.1, 0.15) is 5.56 Å². The van der Waals surface area contributed by atoms with Crippen molar-refractivity contribution in [3.05, 3.63) is 29.8 Å². The molecule has 0 N–H and O–H groups in total. The van der Waals surface area contributed by atoms with Gasteiger partial charge in [0.25, 0.3) is 5.91 Å². The number of benzene rings is 1. The van der Waals surface area contributed by atoms with Gasteiger partial charge in [0.2, 0.25) is 0 Å². The highest BCUT2D eigenvalue weighted by atomic mass is 16.5. The summed E-state index contributed by atoms with van der Waals surface area (Å²) in [5, 5.41) is 8.63. The second kappa shape index (κ2) is 7.01. The molecule has 0 saturated carbocycles. The summed E-state index contributed by atoms with van der Waals surface area (Å²) in [6, 6.07) is 8.38. The van der Waals surface area contributed by atoms with E-state index in [4.69, 9.17) is 10.00 Å². The molecule has 0 unspecified atom stereocenters. The zero-order chi connectivity index (χ0) is 14.3. The van der Waals surface area contributed by atoms with Gasteiger partial charge >= 0.3 is 5.97 Å². The topological polar surface area (TPSA) is 79.6 Å². The van der Waals surface area contributed by atoms with Crippen molar-refractivity contribution in [3.8, 4) is 11.8 Å². The van der Waals surface area contributed by atoms with Gasteiger partial charge in [-0.05, 0) is 24.3 Å². The molecule has 0 radical (unpaired) electrons. The Balaban J connectivity index is 2.45. The van der Waals surface area contributed by atoms with Crippen LogP contribution in [-0.4, -0.2) is 44.1 Å². The van der Waals surface area contributed by atoms with Crippen LogP contribution in [0, 0.1) is 11.3 Å². The quantitative estimate of drug-likeness (QED) is 0.725. The van der Waals surface area contributed by atoms with Gasteiger partial charge in [-0.15, -0.1) is 0 Å². The molecule has 0 atom stereocenters. The zero-order valence-electron chi connectivity index (χ0n) is 10.8. The molecule has 0 heterocycles. The molecule has 0 aliphatic heterocycles. The summed E-state index contributed by atoms with van der Waals surface area (Å²) in [5.41, 5.74) is 0.515. The molecule has 0 spiro atoms. The van der Waals surface area contributed by atoms with E-state index in [1.807, 2.05) is 6.07 Å². The first-order valence-corrected chi connectivity index (χ1v) is 5.50. The number of ether oxygens (including phenoxy) is 2. The van der Waals surface area contributed by atoms with Crippen LogP contribution in [0.4, 0.5) is 0 Å². The van der Waals surface area contributed by atoms with Crippen LogP contribution in [0.3, 0.4) is 0 Å². The molecular weight excluding hydrogens is 248 g/mol. The fourth-order valence-electron chi connectivity index (χ4n) is 1.23. The maximum absolute atomic E-state index is 11.6. The third-order valence-corrected chi connectivity index (χ3v) is 2.37. The predicted molar refractivity (Wildman–Crippen MR) is 66.3 cm³/mol. The van der Waals surface area contributed by atoms with Gasteiger partial charge < -0.3 is 14.4 Å². The molecule has 100 valence electrons. The third kappa shape index (κ3) is 4.68. The van der Waals surface area contributed by atoms with Crippen molar-refractivity contribution in [2.75, 3.05) is 27.3 Å². The van der Waals surface area contributed by atoms with E-state index >= 15 is 0 Å². The molecule has 1 aromatic carbocycles. The standard InChI is InChI=1S/C13H14N2O4/c1-15(8-13(17)18-2)12(16)9-19-11-5-3-10(7-14)4-6-11/h3-6H,8-9H2,1-2H3. The smallest absolute Gasteiger partial charge is 0.325 e. The predicted octanol–water partition coefficient (Wildman–Crippen LogP) is 0.568. The highest BCUT2D eigenvalue weighted by Crippen LogP contribution is 2.11. The largest absolute Gasteiger partial charge is 0.484 e. The Bertz CT molecular complexity index is 490. The highest BCUT2D eigenvalue weighted by Gasteiger charge is 2.13. The van der Waals surface area contributed by atoms with Gasteiger partial charge in [-0.3, -0.25) is 9.59 Å². The summed E-state index contributed by atoms with van der Waals surface area (Å²) < 4.78 is 9.71. The lowest BCUT2D eigenvalue weighted by Gasteiger charge is -2.15. The van der Waals surface area contributed by atoms with E-state index in [0.29, 0.717) is 11.3 Å². The molecule has 0 aliphatic carbocycles. The molecule has 6 nitrogen and oxygen atoms in total. The lowest BCUT2D eigenvalue weighted by molar-refractivity contribution is -0.146. The Labute approximate surface area is 111 Å². The maximum atomic E-state index is 11.6. The van der Waals surface area contributed by atoms with Crippen molar-refractivity contribution in [1.29, 1.82) is 5.26 Å². The monoisotopic (exact) mass is 262 g/mol. The van der Waals surface area contributed by atoms with Crippen LogP contribution < -0.4 is 4.74 Å². The maximum Gasteiger partial charge on any atom is 0.325 e. The first-order chi connectivity index (χ1) is 9.06. The first kappa shape index (κ1) is 14.5. The average molecular weight is 262 g/mol. The fourth-order valence-corrected chi connectivity index (χ4v) is 1.23. The third-order valence-electron chi connectivity index (χ3n) is 2.37. The van der Waals surface area contributed by atoms with E-state index in [1.54, 1.807) is 24.3 Å². The Hall–Kier alpha value is -2.55. The normalized spacial score (nSPS) is 9.32. The minimum absolute atomic E-state index is 0.119. The van der Waals surface area contributed by atoms with Crippen LogP contribution in [-0.2, 0) is 14.3 Å². The van der Waals surface area contributed by atoms with Gasteiger partial charge in [0.05, 0.1) is 18.7 Å². The van der Waals surface area contributed by atoms with Crippen molar-refractivity contribution >= 4 is 11.9 Å². The van der Waals surface area contributed by atoms with Gasteiger partial charge in [0, 0.05) is 7.05 Å². The Morgan fingerprint density at radius 1 is 1.32 bits per heavy atom. The zero-order valence-corrected chi connectivity index (χ0v) is 10.8. The van der Waals surface area contributed by atoms with Crippen molar-refractivity contribution in [3.63, 3.8) is 0 Å². The molecule has 1 rings (SSSR count). The van der Waals surface area contributed by atoms with E-state index in [0.717, 1.165) is 0 Å². The lowest BCUT2D eigenvalue weighted by atomic mass is 10.2. The number of amides is 1. The van der Waals surface area contributed by atoms with Crippen molar-refractivity contribution < 1.29 is 19.1 Å². The summed E-state index contributed by atoms with van der Waals surface area (Å²) in [6.07, 6.45) is 0. The van der Waals surface area contributed by atoms with Crippen LogP contribution in [0.2, 0.25) is 0 Å². The second-order valence-corrected chi connectivity index (χ2v) is 3.75. The van der Waals surface area contributed by atoms with Gasteiger partial charge in [-0.2, -0.15) is 5.26 Å². The van der Waals surface area contributed by atoms with E-state index in [2.05, 4.69) is 4.74 Å². The molecule has 1 amide bonds. The second-order valence-electron chi connectivity index (χ2n) is 3.75. The number of rotatable bonds is 5. The van der Waals surface area contributed by atoms with Gasteiger partial charge in [0.15, 0.2) is 6.61 Å². The number of hydrogen-bond acceptors (Lipinski definition) is 5. The lowest BCUT2D eigenvalue weighted by Crippen LogP contribution is -2.35. The number of esters is 1. The molecule has 0 saturated heterocycles. The number of carbonyl (C=O) groups excluding carboxylic acids is 2. The summed E-state index contributed by atoms with van der Waals surface area (Å²) >= 11 is 0. The van der Waals surface area contributed by atoms with E-state index in [9.17, 15) is 9.59 Å². The number of methoxy groups -OCH3 is 1. The Morgan fingerprint density at radius 2 is 1.95 bits per heavy atom. The fraction of sp³-hybridized carbons (Fsp3) is 0.308. The average Bonchev–Trinajstić information content (AvgIpc) is 2.44. The van der Waals surface area contributed by atoms with Gasteiger partial charge in [0.1, 0.15) is 12.3 Å². The highest BCUT2D eigenvalue weighted by molar-refractivity contribution is 5.82. The minimum atomic E-state index is -0.491. The van der Waals surface area contributed by atoms with Crippen molar-refractivity contribution in [1.82, 2.24) is 4.90 Å². The summed E-state index contributed by atoms with van der Waals surface area (Å²) in [4.78, 5) is 23.8. The molecule has 0 bridgehead atoms. The van der Waals surface area contributed by atoms with Crippen LogP contribution in [0.5, 0.6) is 5.75 Å². The molecular formula is C13H14N2O4. The van der Waals surface area contributed by atoms with Gasteiger partial charge in [-0.25, -0.2) is 0 Å². The Morgan fingerprint density at radius 3 is 2.47 bits per heavy atom. The number of likely N-dealkylation sites (N-methyl/N-ethyl adjacent to an activating group) is 1. The van der Waals surface area contributed by atoms with E-state index in [-0.39, 0.29) is 19.1 Å². The number of carbonyl (C=O) groups is 2. The summed E-state index contributed by atoms with van der Waals surface area (Å²) in [6.45, 7) is -0.300.